The average Bonchev–Trinajstić information content (AvgIpc) is 3.09. The van der Waals surface area contributed by atoms with Gasteiger partial charge in [0.25, 0.3) is 0 Å². The van der Waals surface area contributed by atoms with Gasteiger partial charge in [-0.25, -0.2) is 0 Å². The number of amides is 2. The van der Waals surface area contributed by atoms with Crippen molar-refractivity contribution in [3.05, 3.63) is 58.2 Å². The Morgan fingerprint density at radius 2 is 1.89 bits per heavy atom. The van der Waals surface area contributed by atoms with Crippen LogP contribution in [0.25, 0.3) is 0 Å². The Labute approximate surface area is 206 Å². The predicted molar refractivity (Wildman–Crippen MR) is 125 cm³/mol. The van der Waals surface area contributed by atoms with Crippen LogP contribution in [0.5, 0.6) is 11.5 Å². The Bertz CT molecular complexity index is 1330. The van der Waals surface area contributed by atoms with Crippen LogP contribution in [0.4, 0.5) is 0 Å². The smallest absolute Gasteiger partial charge is 0.305 e. The van der Waals surface area contributed by atoms with Crippen LogP contribution in [0.2, 0.25) is 0 Å². The van der Waals surface area contributed by atoms with E-state index in [2.05, 4.69) is 0 Å². The quantitative estimate of drug-likeness (QED) is 0.364. The molecule has 0 radical (unpaired) electrons. The van der Waals surface area contributed by atoms with Crippen molar-refractivity contribution >= 4 is 29.4 Å². The molecule has 186 valence electrons. The zero-order valence-corrected chi connectivity index (χ0v) is 19.8. The molecule has 1 heterocycles. The first-order chi connectivity index (χ1) is 17.1. The SMILES string of the molecule is COc1cc([C@H]2C3=CC[C@@H]4C(=O)N(CCC(=O)O)C(=O)[C@@H]4[C@@H]3CC3=C2C(=O)C(C)=CC3=O)ccc1O. The fraction of sp³-hybridized carbons (Fsp3) is 0.370. The topological polar surface area (TPSA) is 138 Å². The number of methoxy groups -OCH3 is 1. The summed E-state index contributed by atoms with van der Waals surface area (Å²) in [6, 6.07) is 4.74. The fourth-order valence-electron chi connectivity index (χ4n) is 6.11. The first-order valence-corrected chi connectivity index (χ1v) is 11.8. The average molecular weight is 491 g/mol. The van der Waals surface area contributed by atoms with E-state index in [1.54, 1.807) is 19.1 Å². The lowest BCUT2D eigenvalue weighted by Crippen LogP contribution is -2.40. The van der Waals surface area contributed by atoms with Crippen molar-refractivity contribution in [2.24, 2.45) is 17.8 Å². The molecule has 0 saturated carbocycles. The van der Waals surface area contributed by atoms with Crippen LogP contribution in [-0.2, 0) is 24.0 Å². The number of ketones is 2. The van der Waals surface area contributed by atoms with Gasteiger partial charge in [0.2, 0.25) is 11.8 Å². The molecule has 9 nitrogen and oxygen atoms in total. The summed E-state index contributed by atoms with van der Waals surface area (Å²) < 4.78 is 5.28. The number of carbonyl (C=O) groups excluding carboxylic acids is 4. The first kappa shape index (κ1) is 23.7. The second kappa shape index (κ2) is 8.58. The van der Waals surface area contributed by atoms with E-state index in [9.17, 15) is 29.1 Å². The molecule has 0 spiro atoms. The lowest BCUT2D eigenvalue weighted by atomic mass is 9.59. The number of aromatic hydroxyl groups is 1. The Hall–Kier alpha value is -4.01. The molecule has 4 aliphatic rings. The molecule has 4 atom stereocenters. The van der Waals surface area contributed by atoms with Gasteiger partial charge in [-0.3, -0.25) is 28.9 Å². The van der Waals surface area contributed by atoms with Crippen molar-refractivity contribution in [3.63, 3.8) is 0 Å². The van der Waals surface area contributed by atoms with E-state index in [4.69, 9.17) is 9.84 Å². The van der Waals surface area contributed by atoms with Crippen LogP contribution in [0, 0.1) is 17.8 Å². The first-order valence-electron chi connectivity index (χ1n) is 11.8. The molecular weight excluding hydrogens is 466 g/mol. The van der Waals surface area contributed by atoms with Crippen molar-refractivity contribution in [1.29, 1.82) is 0 Å². The molecule has 0 unspecified atom stereocenters. The second-order valence-corrected chi connectivity index (χ2v) is 9.63. The summed E-state index contributed by atoms with van der Waals surface area (Å²) in [5.74, 6) is -4.87. The third kappa shape index (κ3) is 3.49. The van der Waals surface area contributed by atoms with Crippen LogP contribution in [-0.4, -0.2) is 58.1 Å². The number of benzene rings is 1. The Morgan fingerprint density at radius 3 is 2.58 bits per heavy atom. The van der Waals surface area contributed by atoms with Crippen molar-refractivity contribution in [2.45, 2.75) is 32.1 Å². The van der Waals surface area contributed by atoms with Gasteiger partial charge in [0.15, 0.2) is 23.1 Å². The number of carbonyl (C=O) groups is 5. The molecule has 0 bridgehead atoms. The fourth-order valence-corrected chi connectivity index (χ4v) is 6.11. The van der Waals surface area contributed by atoms with Crippen LogP contribution in [0.15, 0.2) is 52.6 Å². The maximum Gasteiger partial charge on any atom is 0.305 e. The lowest BCUT2D eigenvalue weighted by Gasteiger charge is -2.42. The predicted octanol–water partition coefficient (Wildman–Crippen LogP) is 2.31. The molecule has 1 aliphatic heterocycles. The molecular formula is C27H25NO8. The standard InChI is InChI=1S/C27H25NO8/c1-12-9-19(30)17-11-16-14(4-5-15-23(16)27(35)28(26(15)34)8-7-21(31)32)22(24(17)25(12)33)13-3-6-18(29)20(10-13)36-2/h3-4,6,9-10,15-16,22-23,29H,5,7-8,11H2,1-2H3,(H,31,32)/t15-,16+,22-,23-/m0/s1. The lowest BCUT2D eigenvalue weighted by molar-refractivity contribution is -0.142. The molecule has 36 heavy (non-hydrogen) atoms. The summed E-state index contributed by atoms with van der Waals surface area (Å²) in [4.78, 5) is 65.0. The summed E-state index contributed by atoms with van der Waals surface area (Å²) in [6.07, 6.45) is 3.27. The molecule has 9 heteroatoms. The number of aliphatic carboxylic acids is 1. The summed E-state index contributed by atoms with van der Waals surface area (Å²) in [7, 11) is 1.41. The summed E-state index contributed by atoms with van der Waals surface area (Å²) in [5.41, 5.74) is 2.42. The van der Waals surface area contributed by atoms with Crippen LogP contribution in [0.1, 0.15) is 37.7 Å². The zero-order valence-electron chi connectivity index (χ0n) is 19.8. The number of likely N-dealkylation sites (tertiary alicyclic amines) is 1. The number of carboxylic acids is 1. The van der Waals surface area contributed by atoms with Crippen LogP contribution in [0.3, 0.4) is 0 Å². The van der Waals surface area contributed by atoms with Gasteiger partial charge in [0, 0.05) is 29.2 Å². The van der Waals surface area contributed by atoms with Gasteiger partial charge in [-0.05, 0) is 49.5 Å². The van der Waals surface area contributed by atoms with Gasteiger partial charge in [-0.15, -0.1) is 0 Å². The van der Waals surface area contributed by atoms with Crippen molar-refractivity contribution < 1.29 is 38.9 Å². The van der Waals surface area contributed by atoms with E-state index in [1.165, 1.54) is 19.3 Å². The third-order valence-corrected chi connectivity index (χ3v) is 7.74. The number of rotatable bonds is 5. The monoisotopic (exact) mass is 491 g/mol. The van der Waals surface area contributed by atoms with E-state index >= 15 is 0 Å². The maximum absolute atomic E-state index is 13.4. The second-order valence-electron chi connectivity index (χ2n) is 9.63. The largest absolute Gasteiger partial charge is 0.504 e. The number of fused-ring (bicyclic) bond motifs is 3. The van der Waals surface area contributed by atoms with E-state index in [0.717, 1.165) is 10.5 Å². The summed E-state index contributed by atoms with van der Waals surface area (Å²) in [5, 5.41) is 19.2. The minimum absolute atomic E-state index is 0.0757. The van der Waals surface area contributed by atoms with Gasteiger partial charge >= 0.3 is 5.97 Å². The molecule has 1 saturated heterocycles. The minimum atomic E-state index is -1.11. The molecule has 0 aromatic heterocycles. The highest BCUT2D eigenvalue weighted by Gasteiger charge is 2.56. The number of Topliss-reactive ketones (excluding diaryl/α,β-unsaturated/α-hetero) is 1. The van der Waals surface area contributed by atoms with Gasteiger partial charge in [0.05, 0.1) is 25.4 Å². The number of allylic oxidation sites excluding steroid dienone is 6. The molecule has 5 rings (SSSR count). The van der Waals surface area contributed by atoms with Crippen molar-refractivity contribution in [1.82, 2.24) is 4.90 Å². The third-order valence-electron chi connectivity index (χ3n) is 7.74. The number of hydrogen-bond acceptors (Lipinski definition) is 7. The maximum atomic E-state index is 13.4. The highest BCUT2D eigenvalue weighted by atomic mass is 16.5. The zero-order chi connectivity index (χ0) is 25.9. The highest BCUT2D eigenvalue weighted by Crippen LogP contribution is 2.55. The van der Waals surface area contributed by atoms with Gasteiger partial charge in [-0.2, -0.15) is 0 Å². The van der Waals surface area contributed by atoms with Crippen molar-refractivity contribution in [3.8, 4) is 11.5 Å². The molecule has 3 aliphatic carbocycles. The van der Waals surface area contributed by atoms with E-state index in [0.29, 0.717) is 22.3 Å². The van der Waals surface area contributed by atoms with E-state index in [1.807, 2.05) is 6.08 Å². The Balaban J connectivity index is 1.63. The highest BCUT2D eigenvalue weighted by molar-refractivity contribution is 6.23. The number of imide groups is 1. The van der Waals surface area contributed by atoms with E-state index < -0.39 is 41.5 Å². The van der Waals surface area contributed by atoms with E-state index in [-0.39, 0.29) is 48.9 Å². The number of hydrogen-bond donors (Lipinski definition) is 2. The van der Waals surface area contributed by atoms with Crippen LogP contribution >= 0.6 is 0 Å². The number of phenols is 1. The molecule has 1 aromatic rings. The molecule has 2 N–H and O–H groups in total. The van der Waals surface area contributed by atoms with Gasteiger partial charge in [-0.1, -0.05) is 17.7 Å². The van der Waals surface area contributed by atoms with Gasteiger partial charge < -0.3 is 14.9 Å². The minimum Gasteiger partial charge on any atom is -0.504 e. The molecule has 1 fully saturated rings. The molecule has 2 amide bonds. The summed E-state index contributed by atoms with van der Waals surface area (Å²) in [6.45, 7) is 1.39. The summed E-state index contributed by atoms with van der Waals surface area (Å²) >= 11 is 0. The number of nitrogens with zero attached hydrogens (tertiary/aromatic N) is 1. The number of carboxylic acid groups (broad SMARTS) is 1. The molecule has 1 aromatic carbocycles. The van der Waals surface area contributed by atoms with Gasteiger partial charge in [0.1, 0.15) is 0 Å². The number of phenolic OH excluding ortho intramolecular Hbond substituents is 1. The number of ether oxygens (including phenoxy) is 1. The normalized spacial score (nSPS) is 27.3. The Kier molecular flexibility index (Phi) is 5.65. The van der Waals surface area contributed by atoms with Crippen molar-refractivity contribution in [2.75, 3.05) is 13.7 Å². The Morgan fingerprint density at radius 1 is 1.14 bits per heavy atom. The van der Waals surface area contributed by atoms with Crippen LogP contribution < -0.4 is 4.74 Å².